The molecule has 0 fully saturated rings. The van der Waals surface area contributed by atoms with Crippen LogP contribution in [0.5, 0.6) is 5.75 Å². The van der Waals surface area contributed by atoms with Gasteiger partial charge in [0.1, 0.15) is 16.3 Å². The molecule has 0 amide bonds. The zero-order valence-corrected chi connectivity index (χ0v) is 17.4. The Hall–Kier alpha value is -2.39. The van der Waals surface area contributed by atoms with E-state index in [-0.39, 0.29) is 28.7 Å². The zero-order valence-electron chi connectivity index (χ0n) is 15.0. The highest BCUT2D eigenvalue weighted by Crippen LogP contribution is 2.31. The standard InChI is InChI=1S/C18H19BrN2O5S/c1-4-25-18(22)13(3)20-21-16-10-7-14(19)11-17(16)26-27(23,24)15-8-5-12(2)6-9-15/h5-11,21H,4H2,1-3H3. The highest BCUT2D eigenvalue weighted by atomic mass is 79.9. The highest BCUT2D eigenvalue weighted by Gasteiger charge is 2.19. The van der Waals surface area contributed by atoms with Gasteiger partial charge in [-0.2, -0.15) is 13.5 Å². The molecule has 27 heavy (non-hydrogen) atoms. The monoisotopic (exact) mass is 454 g/mol. The molecular formula is C18H19BrN2O5S. The van der Waals surface area contributed by atoms with Crippen molar-refractivity contribution in [1.82, 2.24) is 0 Å². The number of hydrogen-bond donors (Lipinski definition) is 1. The van der Waals surface area contributed by atoms with Gasteiger partial charge in [-0.15, -0.1) is 0 Å². The lowest BCUT2D eigenvalue weighted by atomic mass is 10.2. The van der Waals surface area contributed by atoms with Crippen molar-refractivity contribution < 1.29 is 22.1 Å². The van der Waals surface area contributed by atoms with Crippen LogP contribution in [0.3, 0.4) is 0 Å². The van der Waals surface area contributed by atoms with Gasteiger partial charge in [-0.25, -0.2) is 4.79 Å². The van der Waals surface area contributed by atoms with Crippen LogP contribution in [-0.4, -0.2) is 26.7 Å². The van der Waals surface area contributed by atoms with Crippen molar-refractivity contribution in [2.24, 2.45) is 5.10 Å². The molecule has 0 heterocycles. The van der Waals surface area contributed by atoms with E-state index in [1.165, 1.54) is 25.1 Å². The first kappa shape index (κ1) is 20.9. The Morgan fingerprint density at radius 3 is 2.48 bits per heavy atom. The molecule has 0 atom stereocenters. The Morgan fingerprint density at radius 1 is 1.19 bits per heavy atom. The normalized spacial score (nSPS) is 11.8. The van der Waals surface area contributed by atoms with E-state index < -0.39 is 16.1 Å². The van der Waals surface area contributed by atoms with Crippen molar-refractivity contribution in [3.63, 3.8) is 0 Å². The molecule has 2 aromatic carbocycles. The second-order valence-electron chi connectivity index (χ2n) is 5.52. The van der Waals surface area contributed by atoms with Crippen LogP contribution in [0.1, 0.15) is 19.4 Å². The predicted octanol–water partition coefficient (Wildman–Crippen LogP) is 3.88. The second kappa shape index (κ2) is 9.01. The first-order valence-corrected chi connectivity index (χ1v) is 10.2. The first-order valence-electron chi connectivity index (χ1n) is 8.01. The lowest BCUT2D eigenvalue weighted by Crippen LogP contribution is -2.16. The fourth-order valence-corrected chi connectivity index (χ4v) is 3.23. The van der Waals surface area contributed by atoms with E-state index in [2.05, 4.69) is 26.5 Å². The minimum Gasteiger partial charge on any atom is -0.461 e. The molecule has 0 spiro atoms. The average molecular weight is 455 g/mol. The number of rotatable bonds is 7. The number of hydrogen-bond acceptors (Lipinski definition) is 7. The second-order valence-corrected chi connectivity index (χ2v) is 7.98. The van der Waals surface area contributed by atoms with E-state index in [4.69, 9.17) is 8.92 Å². The van der Waals surface area contributed by atoms with Crippen molar-refractivity contribution >= 4 is 43.4 Å². The van der Waals surface area contributed by atoms with Gasteiger partial charge < -0.3 is 8.92 Å². The number of carbonyl (C=O) groups is 1. The number of ether oxygens (including phenoxy) is 1. The van der Waals surface area contributed by atoms with E-state index in [1.54, 1.807) is 31.2 Å². The number of aryl methyl sites for hydroxylation is 1. The maximum absolute atomic E-state index is 12.5. The van der Waals surface area contributed by atoms with Crippen molar-refractivity contribution in [3.8, 4) is 5.75 Å². The molecule has 0 aliphatic rings. The molecular weight excluding hydrogens is 436 g/mol. The molecule has 9 heteroatoms. The summed E-state index contributed by atoms with van der Waals surface area (Å²) in [5.41, 5.74) is 3.94. The summed E-state index contributed by atoms with van der Waals surface area (Å²) < 4.78 is 35.8. The molecule has 0 bridgehead atoms. The molecule has 2 aromatic rings. The molecule has 2 rings (SSSR count). The van der Waals surface area contributed by atoms with Crippen LogP contribution in [0.4, 0.5) is 5.69 Å². The summed E-state index contributed by atoms with van der Waals surface area (Å²) in [6, 6.07) is 11.1. The molecule has 1 N–H and O–H groups in total. The van der Waals surface area contributed by atoms with Crippen LogP contribution in [0.25, 0.3) is 0 Å². The van der Waals surface area contributed by atoms with E-state index in [1.807, 2.05) is 6.92 Å². The molecule has 7 nitrogen and oxygen atoms in total. The SMILES string of the molecule is CCOC(=O)C(C)=NNc1ccc(Br)cc1OS(=O)(=O)c1ccc(C)cc1. The summed E-state index contributed by atoms with van der Waals surface area (Å²) in [6.45, 7) is 5.26. The van der Waals surface area contributed by atoms with Crippen molar-refractivity contribution in [2.75, 3.05) is 12.0 Å². The molecule has 0 aromatic heterocycles. The van der Waals surface area contributed by atoms with E-state index in [0.717, 1.165) is 5.56 Å². The van der Waals surface area contributed by atoms with E-state index in [9.17, 15) is 13.2 Å². The van der Waals surface area contributed by atoms with Crippen molar-refractivity contribution in [2.45, 2.75) is 25.7 Å². The predicted molar refractivity (Wildman–Crippen MR) is 106 cm³/mol. The maximum atomic E-state index is 12.5. The Bertz CT molecular complexity index is 956. The third-order valence-electron chi connectivity index (χ3n) is 3.37. The topological polar surface area (TPSA) is 94.1 Å². The van der Waals surface area contributed by atoms with Gasteiger partial charge in [0.15, 0.2) is 5.75 Å². The van der Waals surface area contributed by atoms with Gasteiger partial charge in [-0.05, 0) is 51.1 Å². The minimum atomic E-state index is -4.03. The average Bonchev–Trinajstić information content (AvgIpc) is 2.61. The molecule has 144 valence electrons. The Morgan fingerprint density at radius 2 is 1.85 bits per heavy atom. The number of carbonyl (C=O) groups excluding carboxylic acids is 1. The van der Waals surface area contributed by atoms with Crippen LogP contribution >= 0.6 is 15.9 Å². The zero-order chi connectivity index (χ0) is 20.0. The smallest absolute Gasteiger partial charge is 0.354 e. The number of esters is 1. The summed E-state index contributed by atoms with van der Waals surface area (Å²) >= 11 is 3.28. The lowest BCUT2D eigenvalue weighted by Gasteiger charge is -2.12. The third kappa shape index (κ3) is 5.80. The lowest BCUT2D eigenvalue weighted by molar-refractivity contribution is -0.135. The quantitative estimate of drug-likeness (QED) is 0.295. The molecule has 0 aliphatic carbocycles. The Labute approximate surface area is 166 Å². The molecule has 0 saturated carbocycles. The fourth-order valence-electron chi connectivity index (χ4n) is 1.95. The molecule has 0 radical (unpaired) electrons. The Balaban J connectivity index is 2.29. The largest absolute Gasteiger partial charge is 0.461 e. The van der Waals surface area contributed by atoms with Gasteiger partial charge in [0.2, 0.25) is 0 Å². The third-order valence-corrected chi connectivity index (χ3v) is 5.11. The number of nitrogens with one attached hydrogen (secondary N) is 1. The van der Waals surface area contributed by atoms with Gasteiger partial charge in [0.05, 0.1) is 6.61 Å². The summed E-state index contributed by atoms with van der Waals surface area (Å²) in [4.78, 5) is 11.6. The molecule has 0 saturated heterocycles. The number of anilines is 1. The Kier molecular flexibility index (Phi) is 6.98. The highest BCUT2D eigenvalue weighted by molar-refractivity contribution is 9.10. The van der Waals surface area contributed by atoms with Crippen LogP contribution < -0.4 is 9.61 Å². The molecule has 0 unspecified atom stereocenters. The van der Waals surface area contributed by atoms with Gasteiger partial charge in [0, 0.05) is 4.47 Å². The fraction of sp³-hybridized carbons (Fsp3) is 0.222. The summed E-state index contributed by atoms with van der Waals surface area (Å²) in [5.74, 6) is -0.540. The van der Waals surface area contributed by atoms with E-state index >= 15 is 0 Å². The number of benzene rings is 2. The van der Waals surface area contributed by atoms with E-state index in [0.29, 0.717) is 4.47 Å². The van der Waals surface area contributed by atoms with Gasteiger partial charge in [-0.1, -0.05) is 33.6 Å². The van der Waals surface area contributed by atoms with Crippen molar-refractivity contribution in [1.29, 1.82) is 0 Å². The number of hydrazone groups is 1. The van der Waals surface area contributed by atoms with Gasteiger partial charge in [0.25, 0.3) is 0 Å². The van der Waals surface area contributed by atoms with Crippen LogP contribution in [-0.2, 0) is 19.6 Å². The number of nitrogens with zero attached hydrogens (tertiary/aromatic N) is 1. The number of halogens is 1. The summed E-state index contributed by atoms with van der Waals surface area (Å²) in [6.07, 6.45) is 0. The minimum absolute atomic E-state index is 0.0326. The molecule has 0 aliphatic heterocycles. The maximum Gasteiger partial charge on any atom is 0.354 e. The van der Waals surface area contributed by atoms with Crippen LogP contribution in [0.15, 0.2) is 56.9 Å². The van der Waals surface area contributed by atoms with Gasteiger partial charge in [-0.3, -0.25) is 5.43 Å². The van der Waals surface area contributed by atoms with Crippen LogP contribution in [0.2, 0.25) is 0 Å². The van der Waals surface area contributed by atoms with Crippen LogP contribution in [0, 0.1) is 6.92 Å². The summed E-state index contributed by atoms with van der Waals surface area (Å²) in [7, 11) is -4.03. The first-order chi connectivity index (χ1) is 12.7. The summed E-state index contributed by atoms with van der Waals surface area (Å²) in [5, 5.41) is 3.92. The van der Waals surface area contributed by atoms with Gasteiger partial charge >= 0.3 is 16.1 Å². The van der Waals surface area contributed by atoms with Crippen molar-refractivity contribution in [3.05, 3.63) is 52.5 Å².